The highest BCUT2D eigenvalue weighted by Crippen LogP contribution is 2.49. The van der Waals surface area contributed by atoms with Gasteiger partial charge in [0.1, 0.15) is 17.4 Å². The number of halogens is 2. The highest BCUT2D eigenvalue weighted by Gasteiger charge is 2.39. The molecule has 1 unspecified atom stereocenters. The van der Waals surface area contributed by atoms with Crippen molar-refractivity contribution in [2.45, 2.75) is 70.1 Å². The van der Waals surface area contributed by atoms with Gasteiger partial charge in [0.2, 0.25) is 5.91 Å². The molecule has 13 nitrogen and oxygen atoms in total. The number of non-ortho nitro benzene ring substituents is 1. The van der Waals surface area contributed by atoms with Crippen molar-refractivity contribution in [3.05, 3.63) is 97.6 Å². The van der Waals surface area contributed by atoms with E-state index in [1.54, 1.807) is 27.7 Å². The fourth-order valence-corrected chi connectivity index (χ4v) is 8.62. The number of amides is 2. The van der Waals surface area contributed by atoms with Gasteiger partial charge >= 0.3 is 6.09 Å². The van der Waals surface area contributed by atoms with Crippen LogP contribution in [0.1, 0.15) is 69.2 Å². The molecule has 3 fully saturated rings. The Balaban J connectivity index is 1.36. The maximum absolute atomic E-state index is 15.9. The number of nitro groups is 2. The molecule has 6 rings (SSSR count). The predicted molar refractivity (Wildman–Crippen MR) is 182 cm³/mol. The summed E-state index contributed by atoms with van der Waals surface area (Å²) in [5.41, 5.74) is 0.686. The fourth-order valence-electron chi connectivity index (χ4n) is 7.18. The average molecular weight is 707 g/mol. The first-order valence-electron chi connectivity index (χ1n) is 16.4. The first kappa shape index (κ1) is 34.7. The van der Waals surface area contributed by atoms with Gasteiger partial charge in [-0.05, 0) is 72.9 Å². The molecular weight excluding hydrogens is 670 g/mol. The van der Waals surface area contributed by atoms with Crippen molar-refractivity contribution in [2.24, 2.45) is 5.41 Å². The summed E-state index contributed by atoms with van der Waals surface area (Å²) in [6.07, 6.45) is 1.19. The van der Waals surface area contributed by atoms with Crippen LogP contribution in [0.15, 0.2) is 54.6 Å². The Morgan fingerprint density at radius 2 is 1.56 bits per heavy atom. The van der Waals surface area contributed by atoms with Gasteiger partial charge in [0.05, 0.1) is 21.9 Å². The lowest BCUT2D eigenvalue weighted by Crippen LogP contribution is -2.42. The van der Waals surface area contributed by atoms with Crippen LogP contribution < -0.4 is 14.8 Å². The molecule has 3 aliphatic rings. The monoisotopic (exact) mass is 706 g/mol. The Bertz CT molecular complexity index is 1810. The Morgan fingerprint density at radius 1 is 0.920 bits per heavy atom. The molecule has 262 valence electrons. The number of carboxylic acid groups (broad SMARTS) is 1. The summed E-state index contributed by atoms with van der Waals surface area (Å²) in [7, 11) is 0.211. The lowest BCUT2D eigenvalue weighted by atomic mass is 9.91. The van der Waals surface area contributed by atoms with Crippen LogP contribution >= 0.6 is 0 Å². The molecule has 16 heteroatoms. The van der Waals surface area contributed by atoms with Gasteiger partial charge in [-0.2, -0.15) is 0 Å². The number of nitrogens with one attached hydrogen (secondary N) is 1. The average Bonchev–Trinajstić information content (AvgIpc) is 3.74. The van der Waals surface area contributed by atoms with Crippen molar-refractivity contribution in [3.8, 4) is 0 Å². The van der Waals surface area contributed by atoms with Crippen LogP contribution in [0.2, 0.25) is 6.04 Å². The number of carbonyl (C=O) groups is 2. The summed E-state index contributed by atoms with van der Waals surface area (Å²) >= 11 is 0. The maximum atomic E-state index is 15.9. The van der Waals surface area contributed by atoms with Gasteiger partial charge in [-0.1, -0.05) is 32.0 Å². The van der Waals surface area contributed by atoms with Crippen molar-refractivity contribution in [3.63, 3.8) is 0 Å². The van der Waals surface area contributed by atoms with Crippen molar-refractivity contribution in [1.29, 1.82) is 0 Å². The first-order chi connectivity index (χ1) is 23.7. The second-order valence-electron chi connectivity index (χ2n) is 13.7. The number of likely N-dealkylation sites (tertiary alicyclic amines) is 1. The van der Waals surface area contributed by atoms with E-state index in [-0.39, 0.29) is 50.8 Å². The molecule has 2 N–H and O–H groups in total. The molecule has 0 bridgehead atoms. The molecular formula is C34H36F2N6O7Si. The highest BCUT2D eigenvalue weighted by molar-refractivity contribution is 6.42. The van der Waals surface area contributed by atoms with Crippen molar-refractivity contribution in [2.75, 3.05) is 27.9 Å². The van der Waals surface area contributed by atoms with Crippen LogP contribution in [0.5, 0.6) is 0 Å². The summed E-state index contributed by atoms with van der Waals surface area (Å²) in [4.78, 5) is 49.8. The van der Waals surface area contributed by atoms with E-state index >= 15 is 8.78 Å². The zero-order valence-corrected chi connectivity index (χ0v) is 28.5. The first-order valence-corrected chi connectivity index (χ1v) is 17.5. The number of hydrogen-bond donors (Lipinski definition) is 2. The van der Waals surface area contributed by atoms with Gasteiger partial charge in [-0.15, -0.1) is 0 Å². The van der Waals surface area contributed by atoms with Crippen molar-refractivity contribution >= 4 is 50.1 Å². The largest absolute Gasteiger partial charge is 0.465 e. The van der Waals surface area contributed by atoms with Gasteiger partial charge < -0.3 is 19.9 Å². The molecule has 50 heavy (non-hydrogen) atoms. The summed E-state index contributed by atoms with van der Waals surface area (Å²) in [5.74, 6) is -2.14. The number of carbonyl (C=O) groups excluding carboxylic acids is 1. The second-order valence-corrected chi connectivity index (χ2v) is 14.9. The topological polar surface area (TPSA) is 162 Å². The lowest BCUT2D eigenvalue weighted by molar-refractivity contribution is -0.384. The Hall–Kier alpha value is -5.12. The van der Waals surface area contributed by atoms with Gasteiger partial charge in [0.15, 0.2) is 21.3 Å². The number of nitrogens with zero attached hydrogens (tertiary/aromatic N) is 5. The maximum Gasteiger partial charge on any atom is 0.407 e. The fraction of sp³-hybridized carbons (Fsp3) is 0.412. The second kappa shape index (κ2) is 13.6. The van der Waals surface area contributed by atoms with E-state index in [0.717, 1.165) is 17.4 Å². The molecule has 3 saturated heterocycles. The molecule has 0 saturated carbocycles. The highest BCUT2D eigenvalue weighted by atomic mass is 28.2. The van der Waals surface area contributed by atoms with E-state index in [4.69, 9.17) is 0 Å². The van der Waals surface area contributed by atoms with Gasteiger partial charge in [0.25, 0.3) is 11.4 Å². The molecule has 0 spiro atoms. The van der Waals surface area contributed by atoms with E-state index in [2.05, 4.69) is 19.2 Å². The number of anilines is 3. The van der Waals surface area contributed by atoms with E-state index in [1.807, 2.05) is 0 Å². The Kier molecular flexibility index (Phi) is 9.48. The number of rotatable bonds is 8. The standard InChI is InChI=1S/C34H36F2N6O7Si/c1-34(2)13-15-39(50-19-34)31-24(35)17-23(18-25(31)36)40-27(20-5-8-22(9-6-20)41(46)47)11-12-28(40)21-7-10-26(30(16-21)42(48)49)37-32(43)29-4-3-14-38(29)33(44)45/h5-10,16-18,27-29H,3-4,11-15,19H2,1-2H3,(H,37,43)(H,44,45)/t27-,28-,29?/m0/s1. The van der Waals surface area contributed by atoms with Gasteiger partial charge in [0, 0.05) is 37.0 Å². The van der Waals surface area contributed by atoms with Crippen LogP contribution in [0.4, 0.5) is 42.0 Å². The molecule has 3 aromatic carbocycles. The number of nitro benzene ring substituents is 2. The molecule has 2 radical (unpaired) electrons. The molecule has 3 aromatic rings. The summed E-state index contributed by atoms with van der Waals surface area (Å²) < 4.78 is 33.6. The van der Waals surface area contributed by atoms with E-state index in [9.17, 15) is 34.9 Å². The van der Waals surface area contributed by atoms with Crippen LogP contribution in [-0.2, 0) is 4.79 Å². The summed E-state index contributed by atoms with van der Waals surface area (Å²) in [5, 5.41) is 35.6. The number of benzene rings is 3. The molecule has 2 amide bonds. The minimum atomic E-state index is -1.25. The Morgan fingerprint density at radius 3 is 2.14 bits per heavy atom. The smallest absolute Gasteiger partial charge is 0.407 e. The van der Waals surface area contributed by atoms with Gasteiger partial charge in [-0.3, -0.25) is 29.9 Å². The molecule has 3 aliphatic heterocycles. The zero-order valence-electron chi connectivity index (χ0n) is 27.5. The SMILES string of the molecule is CC1(C)CCN(c2c(F)cc(N3[C@H](c4ccc([N+](=O)[O-])cc4)CC[C@H]3c3ccc(NC(=O)C4CCCN4C(=O)O)c([N+](=O)[O-])c3)cc2F)[Si]C1. The third kappa shape index (κ3) is 6.84. The predicted octanol–water partition coefficient (Wildman–Crippen LogP) is 7.22. The van der Waals surface area contributed by atoms with Crippen LogP contribution in [0.25, 0.3) is 0 Å². The number of hydrogen-bond acceptors (Lipinski definition) is 8. The summed E-state index contributed by atoms with van der Waals surface area (Å²) in [6.45, 7) is 4.96. The molecule has 0 aromatic heterocycles. The van der Waals surface area contributed by atoms with E-state index in [1.165, 1.54) is 36.4 Å². The van der Waals surface area contributed by atoms with Gasteiger partial charge in [-0.25, -0.2) is 13.6 Å². The van der Waals surface area contributed by atoms with Crippen LogP contribution in [-0.4, -0.2) is 60.7 Å². The molecule has 3 atom stereocenters. The quantitative estimate of drug-likeness (QED) is 0.140. The lowest BCUT2D eigenvalue weighted by Gasteiger charge is -2.38. The summed E-state index contributed by atoms with van der Waals surface area (Å²) in [6, 6.07) is 11.5. The van der Waals surface area contributed by atoms with E-state index in [0.29, 0.717) is 36.9 Å². The normalized spacial score (nSPS) is 21.7. The third-order valence-electron chi connectivity index (χ3n) is 9.87. The van der Waals surface area contributed by atoms with Crippen molar-refractivity contribution < 1.29 is 33.3 Å². The molecule has 0 aliphatic carbocycles. The van der Waals surface area contributed by atoms with Crippen LogP contribution in [0, 0.1) is 37.3 Å². The molecule has 3 heterocycles. The van der Waals surface area contributed by atoms with E-state index < -0.39 is 57.3 Å². The third-order valence-corrected chi connectivity index (χ3v) is 11.8. The Labute approximate surface area is 289 Å². The minimum absolute atomic E-state index is 0.0822. The van der Waals surface area contributed by atoms with Crippen molar-refractivity contribution in [1.82, 2.24) is 4.90 Å². The van der Waals surface area contributed by atoms with Crippen LogP contribution in [0.3, 0.4) is 0 Å². The minimum Gasteiger partial charge on any atom is -0.465 e. The zero-order chi connectivity index (χ0) is 35.9.